The summed E-state index contributed by atoms with van der Waals surface area (Å²) in [6.07, 6.45) is 0. The van der Waals surface area contributed by atoms with Crippen LogP contribution < -0.4 is 5.90 Å². The lowest BCUT2D eigenvalue weighted by Crippen LogP contribution is -1.97. The Hall–Kier alpha value is -0.970. The van der Waals surface area contributed by atoms with E-state index in [0.717, 1.165) is 15.6 Å². The Balaban J connectivity index is 2.55. The number of hydrogen-bond acceptors (Lipinski definition) is 3. The van der Waals surface area contributed by atoms with Crippen LogP contribution in [-0.2, 0) is 11.4 Å². The van der Waals surface area contributed by atoms with E-state index < -0.39 is 0 Å². The van der Waals surface area contributed by atoms with Gasteiger partial charge in [0.2, 0.25) is 0 Å². The maximum atomic E-state index is 12.8. The van der Waals surface area contributed by atoms with Crippen LogP contribution in [0.3, 0.4) is 0 Å². The predicted molar refractivity (Wildman–Crippen MR) is 50.8 cm³/mol. The van der Waals surface area contributed by atoms with Crippen LogP contribution in [0.2, 0.25) is 0 Å². The molecule has 0 aliphatic rings. The highest BCUT2D eigenvalue weighted by Gasteiger charge is 2.04. The first kappa shape index (κ1) is 8.62. The molecule has 4 heteroatoms. The molecule has 0 aliphatic carbocycles. The van der Waals surface area contributed by atoms with Crippen LogP contribution in [0.15, 0.2) is 23.6 Å². The SMILES string of the molecule is NOCc1csc2cc(F)ccc12. The van der Waals surface area contributed by atoms with E-state index in [1.54, 1.807) is 6.07 Å². The Labute approximate surface area is 78.7 Å². The van der Waals surface area contributed by atoms with Gasteiger partial charge in [0.25, 0.3) is 0 Å². The second-order valence-corrected chi connectivity index (χ2v) is 3.62. The molecule has 2 N–H and O–H groups in total. The summed E-state index contributed by atoms with van der Waals surface area (Å²) >= 11 is 1.49. The molecule has 0 saturated carbocycles. The van der Waals surface area contributed by atoms with Crippen LogP contribution in [0.25, 0.3) is 10.1 Å². The zero-order valence-electron chi connectivity index (χ0n) is 6.79. The summed E-state index contributed by atoms with van der Waals surface area (Å²) in [5, 5.41) is 2.94. The molecule has 1 heterocycles. The van der Waals surface area contributed by atoms with Gasteiger partial charge in [0.15, 0.2) is 0 Å². The molecule has 0 bridgehead atoms. The zero-order chi connectivity index (χ0) is 9.26. The van der Waals surface area contributed by atoms with Crippen molar-refractivity contribution >= 4 is 21.4 Å². The first-order chi connectivity index (χ1) is 6.31. The molecule has 2 rings (SSSR count). The number of nitrogens with two attached hydrogens (primary N) is 1. The first-order valence-corrected chi connectivity index (χ1v) is 4.66. The number of rotatable bonds is 2. The highest BCUT2D eigenvalue weighted by atomic mass is 32.1. The molecule has 2 nitrogen and oxygen atoms in total. The number of thiophene rings is 1. The van der Waals surface area contributed by atoms with Crippen molar-refractivity contribution in [1.82, 2.24) is 0 Å². The van der Waals surface area contributed by atoms with Gasteiger partial charge in [-0.15, -0.1) is 11.3 Å². The van der Waals surface area contributed by atoms with E-state index in [1.165, 1.54) is 23.5 Å². The number of benzene rings is 1. The Morgan fingerprint density at radius 3 is 3.08 bits per heavy atom. The highest BCUT2D eigenvalue weighted by molar-refractivity contribution is 7.17. The lowest BCUT2D eigenvalue weighted by atomic mass is 10.2. The lowest BCUT2D eigenvalue weighted by molar-refractivity contribution is 0.125. The van der Waals surface area contributed by atoms with Crippen molar-refractivity contribution in [3.8, 4) is 0 Å². The van der Waals surface area contributed by atoms with E-state index in [2.05, 4.69) is 4.84 Å². The smallest absolute Gasteiger partial charge is 0.124 e. The number of fused-ring (bicyclic) bond motifs is 1. The third-order valence-corrected chi connectivity index (χ3v) is 2.85. The van der Waals surface area contributed by atoms with Crippen molar-refractivity contribution in [3.05, 3.63) is 35.0 Å². The maximum Gasteiger partial charge on any atom is 0.124 e. The maximum absolute atomic E-state index is 12.8. The van der Waals surface area contributed by atoms with Gasteiger partial charge >= 0.3 is 0 Å². The molecule has 0 unspecified atom stereocenters. The van der Waals surface area contributed by atoms with E-state index in [1.807, 2.05) is 5.38 Å². The Bertz CT molecular complexity index is 426. The van der Waals surface area contributed by atoms with Gasteiger partial charge in [-0.25, -0.2) is 10.3 Å². The highest BCUT2D eigenvalue weighted by Crippen LogP contribution is 2.26. The summed E-state index contributed by atoms with van der Waals surface area (Å²) in [5.41, 5.74) is 1.00. The van der Waals surface area contributed by atoms with Crippen LogP contribution in [-0.4, -0.2) is 0 Å². The van der Waals surface area contributed by atoms with Crippen molar-refractivity contribution in [2.24, 2.45) is 5.90 Å². The molecule has 0 atom stereocenters. The van der Waals surface area contributed by atoms with Crippen LogP contribution in [0.4, 0.5) is 4.39 Å². The minimum atomic E-state index is -0.213. The van der Waals surface area contributed by atoms with Crippen LogP contribution in [0.1, 0.15) is 5.56 Å². The molecule has 1 aromatic carbocycles. The minimum Gasteiger partial charge on any atom is -0.300 e. The topological polar surface area (TPSA) is 35.2 Å². The fourth-order valence-electron chi connectivity index (χ4n) is 1.26. The second-order valence-electron chi connectivity index (χ2n) is 2.71. The summed E-state index contributed by atoms with van der Waals surface area (Å²) in [6.45, 7) is 0.367. The fourth-order valence-corrected chi connectivity index (χ4v) is 2.23. The van der Waals surface area contributed by atoms with Gasteiger partial charge < -0.3 is 0 Å². The van der Waals surface area contributed by atoms with Crippen molar-refractivity contribution in [3.63, 3.8) is 0 Å². The molecule has 0 amide bonds. The standard InChI is InChI=1S/C9H8FNOS/c10-7-1-2-8-6(4-12-11)5-13-9(8)3-7/h1-3,5H,4,11H2. The monoisotopic (exact) mass is 197 g/mol. The average molecular weight is 197 g/mol. The predicted octanol–water partition coefficient (Wildman–Crippen LogP) is 2.43. The second kappa shape index (κ2) is 3.41. The molecule has 0 spiro atoms. The number of hydrogen-bond donors (Lipinski definition) is 1. The van der Waals surface area contributed by atoms with Gasteiger partial charge in [-0.1, -0.05) is 6.07 Å². The van der Waals surface area contributed by atoms with Crippen LogP contribution in [0, 0.1) is 5.82 Å². The molecular weight excluding hydrogens is 189 g/mol. The van der Waals surface area contributed by atoms with Gasteiger partial charge in [-0.3, -0.25) is 4.84 Å². The molecule has 0 saturated heterocycles. The number of halogens is 1. The van der Waals surface area contributed by atoms with Crippen molar-refractivity contribution < 1.29 is 9.23 Å². The van der Waals surface area contributed by atoms with E-state index >= 15 is 0 Å². The molecule has 68 valence electrons. The van der Waals surface area contributed by atoms with Gasteiger partial charge in [0, 0.05) is 4.70 Å². The average Bonchev–Trinajstić information content (AvgIpc) is 2.49. The normalized spacial score (nSPS) is 10.9. The third kappa shape index (κ3) is 1.56. The first-order valence-electron chi connectivity index (χ1n) is 3.78. The van der Waals surface area contributed by atoms with Crippen molar-refractivity contribution in [2.45, 2.75) is 6.61 Å². The van der Waals surface area contributed by atoms with Gasteiger partial charge in [0.1, 0.15) is 5.82 Å². The molecule has 2 aromatic rings. The van der Waals surface area contributed by atoms with Gasteiger partial charge in [-0.2, -0.15) is 0 Å². The zero-order valence-corrected chi connectivity index (χ0v) is 7.60. The Morgan fingerprint density at radius 2 is 2.31 bits per heavy atom. The Kier molecular flexibility index (Phi) is 2.26. The summed E-state index contributed by atoms with van der Waals surface area (Å²) in [4.78, 5) is 4.54. The third-order valence-electron chi connectivity index (χ3n) is 1.86. The van der Waals surface area contributed by atoms with Gasteiger partial charge in [0.05, 0.1) is 6.61 Å². The minimum absolute atomic E-state index is 0.213. The quantitative estimate of drug-likeness (QED) is 0.750. The molecule has 0 radical (unpaired) electrons. The molecular formula is C9H8FNOS. The van der Waals surface area contributed by atoms with Gasteiger partial charge in [-0.05, 0) is 28.5 Å². The summed E-state index contributed by atoms with van der Waals surface area (Å²) in [7, 11) is 0. The summed E-state index contributed by atoms with van der Waals surface area (Å²) in [6, 6.07) is 4.70. The molecule has 0 fully saturated rings. The lowest BCUT2D eigenvalue weighted by Gasteiger charge is -1.95. The van der Waals surface area contributed by atoms with Crippen molar-refractivity contribution in [2.75, 3.05) is 0 Å². The van der Waals surface area contributed by atoms with Crippen molar-refractivity contribution in [1.29, 1.82) is 0 Å². The van der Waals surface area contributed by atoms with E-state index in [-0.39, 0.29) is 5.82 Å². The molecule has 1 aromatic heterocycles. The van der Waals surface area contributed by atoms with E-state index in [4.69, 9.17) is 5.90 Å². The molecule has 0 aliphatic heterocycles. The summed E-state index contributed by atoms with van der Waals surface area (Å²) < 4.78 is 13.7. The Morgan fingerprint density at radius 1 is 1.46 bits per heavy atom. The largest absolute Gasteiger partial charge is 0.300 e. The van der Waals surface area contributed by atoms with E-state index in [0.29, 0.717) is 6.61 Å². The molecule has 13 heavy (non-hydrogen) atoms. The van der Waals surface area contributed by atoms with Crippen LogP contribution >= 0.6 is 11.3 Å². The summed E-state index contributed by atoms with van der Waals surface area (Å²) in [5.74, 6) is 4.76. The van der Waals surface area contributed by atoms with Crippen LogP contribution in [0.5, 0.6) is 0 Å². The fraction of sp³-hybridized carbons (Fsp3) is 0.111. The van der Waals surface area contributed by atoms with E-state index in [9.17, 15) is 4.39 Å².